The summed E-state index contributed by atoms with van der Waals surface area (Å²) in [7, 11) is 0. The third-order valence-corrected chi connectivity index (χ3v) is 12.4. The number of nitrogens with zero attached hydrogens (tertiary/aromatic N) is 5. The number of rotatable bonds is 20. The van der Waals surface area contributed by atoms with Crippen LogP contribution in [0.1, 0.15) is 123 Å². The molecule has 3 N–H and O–H groups in total. The summed E-state index contributed by atoms with van der Waals surface area (Å²) in [6, 6.07) is 34.8. The third-order valence-electron chi connectivity index (χ3n) is 12.4. The van der Waals surface area contributed by atoms with E-state index >= 15 is 0 Å². The van der Waals surface area contributed by atoms with E-state index in [1.54, 1.807) is 0 Å². The van der Waals surface area contributed by atoms with Crippen molar-refractivity contribution in [2.45, 2.75) is 79.8 Å². The first-order chi connectivity index (χ1) is 30.8. The van der Waals surface area contributed by atoms with Gasteiger partial charge in [-0.1, -0.05) is 69.3 Å². The molecule has 2 aliphatic rings. The van der Waals surface area contributed by atoms with E-state index in [4.69, 9.17) is 0 Å². The van der Waals surface area contributed by atoms with Gasteiger partial charge >= 0.3 is 0 Å². The molecular formula is C53H78N8O2. The van der Waals surface area contributed by atoms with Crippen LogP contribution in [-0.2, 0) is 0 Å². The Bertz CT molecular complexity index is 1930. The molecule has 63 heavy (non-hydrogen) atoms. The number of amides is 2. The van der Waals surface area contributed by atoms with E-state index in [0.717, 1.165) is 129 Å². The van der Waals surface area contributed by atoms with Crippen LogP contribution in [0.15, 0.2) is 97.1 Å². The Morgan fingerprint density at radius 2 is 0.968 bits per heavy atom. The van der Waals surface area contributed by atoms with E-state index in [1.165, 1.54) is 33.6 Å². The van der Waals surface area contributed by atoms with Crippen molar-refractivity contribution in [1.82, 2.24) is 30.2 Å². The van der Waals surface area contributed by atoms with Gasteiger partial charge in [-0.3, -0.25) is 19.4 Å². The summed E-state index contributed by atoms with van der Waals surface area (Å²) in [5, 5.41) is 10.5. The first-order valence-electron chi connectivity index (χ1n) is 24.2. The van der Waals surface area contributed by atoms with Crippen LogP contribution in [0.4, 0.5) is 11.4 Å². The SMILES string of the molecule is CCCN(CCC)c1cccc([C@@H](c2ccc(C(=O)N(CC)CC)cc2)N2CCNCC2)c1.CCCNc1cccc([C@@H](c2ccc(C(=O)N(CC)CC)cc2)N2CCNCC2)c1. The van der Waals surface area contributed by atoms with Crippen molar-refractivity contribution in [3.8, 4) is 0 Å². The molecule has 0 unspecified atom stereocenters. The molecule has 0 radical (unpaired) electrons. The number of hydrogen-bond donors (Lipinski definition) is 3. The highest BCUT2D eigenvalue weighted by Gasteiger charge is 2.27. The fourth-order valence-electron chi connectivity index (χ4n) is 9.00. The van der Waals surface area contributed by atoms with Crippen LogP contribution in [0.25, 0.3) is 0 Å². The van der Waals surface area contributed by atoms with Gasteiger partial charge in [0.05, 0.1) is 12.1 Å². The highest BCUT2D eigenvalue weighted by molar-refractivity contribution is 5.94. The van der Waals surface area contributed by atoms with Crippen molar-refractivity contribution in [3.63, 3.8) is 0 Å². The molecule has 6 rings (SSSR count). The second kappa shape index (κ2) is 26.1. The van der Waals surface area contributed by atoms with Crippen LogP contribution in [-0.4, -0.2) is 130 Å². The quantitative estimate of drug-likeness (QED) is 0.0814. The molecule has 10 heteroatoms. The average Bonchev–Trinajstić information content (AvgIpc) is 3.33. The Morgan fingerprint density at radius 1 is 0.540 bits per heavy atom. The van der Waals surface area contributed by atoms with Crippen molar-refractivity contribution in [3.05, 3.63) is 130 Å². The van der Waals surface area contributed by atoms with E-state index in [2.05, 4.69) is 124 Å². The first-order valence-corrected chi connectivity index (χ1v) is 24.2. The highest BCUT2D eigenvalue weighted by atomic mass is 16.2. The molecule has 2 saturated heterocycles. The molecule has 2 aliphatic heterocycles. The molecule has 0 spiro atoms. The molecule has 10 nitrogen and oxygen atoms in total. The summed E-state index contributed by atoms with van der Waals surface area (Å²) in [5.74, 6) is 0.220. The van der Waals surface area contributed by atoms with Crippen molar-refractivity contribution in [2.75, 3.05) is 108 Å². The normalized spacial score (nSPS) is 15.4. The predicted molar refractivity (Wildman–Crippen MR) is 264 cm³/mol. The van der Waals surface area contributed by atoms with Crippen molar-refractivity contribution in [2.24, 2.45) is 0 Å². The van der Waals surface area contributed by atoms with Crippen LogP contribution < -0.4 is 20.9 Å². The molecule has 342 valence electrons. The molecule has 4 aromatic rings. The molecule has 2 amide bonds. The van der Waals surface area contributed by atoms with Gasteiger partial charge in [0.15, 0.2) is 0 Å². The Morgan fingerprint density at radius 3 is 1.38 bits per heavy atom. The number of carbonyl (C=O) groups excluding carboxylic acids is 2. The maximum absolute atomic E-state index is 12.8. The monoisotopic (exact) mass is 859 g/mol. The zero-order chi connectivity index (χ0) is 45.0. The summed E-state index contributed by atoms with van der Waals surface area (Å²) >= 11 is 0. The van der Waals surface area contributed by atoms with Crippen molar-refractivity contribution < 1.29 is 9.59 Å². The lowest BCUT2D eigenvalue weighted by Gasteiger charge is -2.36. The van der Waals surface area contributed by atoms with Gasteiger partial charge in [0.1, 0.15) is 0 Å². The average molecular weight is 859 g/mol. The number of carbonyl (C=O) groups is 2. The maximum Gasteiger partial charge on any atom is 0.253 e. The summed E-state index contributed by atoms with van der Waals surface area (Å²) < 4.78 is 0. The molecule has 4 aromatic carbocycles. The zero-order valence-electron chi connectivity index (χ0n) is 39.7. The number of hydrogen-bond acceptors (Lipinski definition) is 8. The van der Waals surface area contributed by atoms with E-state index in [-0.39, 0.29) is 23.9 Å². The van der Waals surface area contributed by atoms with Gasteiger partial charge in [-0.25, -0.2) is 0 Å². The minimum absolute atomic E-state index is 0.107. The number of nitrogens with one attached hydrogen (secondary N) is 3. The molecule has 0 aromatic heterocycles. The second-order valence-electron chi connectivity index (χ2n) is 16.7. The topological polar surface area (TPSA) is 86.4 Å². The largest absolute Gasteiger partial charge is 0.385 e. The number of benzene rings is 4. The lowest BCUT2D eigenvalue weighted by molar-refractivity contribution is 0.0765. The second-order valence-corrected chi connectivity index (χ2v) is 16.7. The van der Waals surface area contributed by atoms with Gasteiger partial charge < -0.3 is 30.7 Å². The molecule has 2 fully saturated rings. The van der Waals surface area contributed by atoms with E-state index in [0.29, 0.717) is 0 Å². The van der Waals surface area contributed by atoms with Gasteiger partial charge in [0.2, 0.25) is 0 Å². The molecule has 0 bridgehead atoms. The summed E-state index contributed by atoms with van der Waals surface area (Å²) in [5.41, 5.74) is 9.12. The molecule has 0 saturated carbocycles. The molecule has 2 atom stereocenters. The maximum atomic E-state index is 12.8. The van der Waals surface area contributed by atoms with Crippen molar-refractivity contribution >= 4 is 23.2 Å². The van der Waals surface area contributed by atoms with Gasteiger partial charge in [0.25, 0.3) is 11.8 Å². The minimum Gasteiger partial charge on any atom is -0.385 e. The Balaban J connectivity index is 0.000000239. The summed E-state index contributed by atoms with van der Waals surface area (Å²) in [6.45, 7) is 28.9. The van der Waals surface area contributed by atoms with Crippen LogP contribution in [0.5, 0.6) is 0 Å². The fraction of sp³-hybridized carbons (Fsp3) is 0.509. The van der Waals surface area contributed by atoms with Crippen LogP contribution in [0.2, 0.25) is 0 Å². The predicted octanol–water partition coefficient (Wildman–Crippen LogP) is 8.77. The van der Waals surface area contributed by atoms with Gasteiger partial charge in [-0.2, -0.15) is 0 Å². The van der Waals surface area contributed by atoms with Gasteiger partial charge in [0, 0.05) is 121 Å². The minimum atomic E-state index is 0.107. The van der Waals surface area contributed by atoms with E-state index in [1.807, 2.05) is 61.8 Å². The van der Waals surface area contributed by atoms with Crippen LogP contribution >= 0.6 is 0 Å². The molecule has 0 aliphatic carbocycles. The Kier molecular flexibility index (Phi) is 20.4. The van der Waals surface area contributed by atoms with Gasteiger partial charge in [-0.15, -0.1) is 0 Å². The zero-order valence-corrected chi connectivity index (χ0v) is 39.7. The lowest BCUT2D eigenvalue weighted by atomic mass is 9.94. The van der Waals surface area contributed by atoms with E-state index < -0.39 is 0 Å². The smallest absolute Gasteiger partial charge is 0.253 e. The van der Waals surface area contributed by atoms with Crippen LogP contribution in [0, 0.1) is 0 Å². The Hall–Kier alpha value is -4.74. The molecule has 2 heterocycles. The first kappa shape index (κ1) is 49.3. The Labute approximate surface area is 380 Å². The lowest BCUT2D eigenvalue weighted by Crippen LogP contribution is -2.45. The standard InChI is InChI=1S/C28H42N4O.C25H36N4O/c1-5-18-31(19-6-2)26-11-9-10-25(22-26)27(32-20-16-29-17-21-32)23-12-14-24(15-13-23)28(33)30(7-3)8-4;1-4-14-27-23-9-7-8-22(19-23)24(29-17-15-26-16-18-29)20-10-12-21(13-11-20)25(30)28(5-2)6-3/h9-15,22,27,29H,5-8,16-21H2,1-4H3;7-13,19,24,26-27H,4-6,14-18H2,1-3H3/t27-;24-/m11/s1. The summed E-state index contributed by atoms with van der Waals surface area (Å²) in [4.78, 5) is 36.9. The van der Waals surface area contributed by atoms with Gasteiger partial charge in [-0.05, 0) is 118 Å². The highest BCUT2D eigenvalue weighted by Crippen LogP contribution is 2.33. The number of anilines is 2. The van der Waals surface area contributed by atoms with Crippen molar-refractivity contribution in [1.29, 1.82) is 0 Å². The third kappa shape index (κ3) is 13.6. The summed E-state index contributed by atoms with van der Waals surface area (Å²) in [6.07, 6.45) is 3.40. The van der Waals surface area contributed by atoms with E-state index in [9.17, 15) is 9.59 Å². The molecular weight excluding hydrogens is 781 g/mol. The fourth-order valence-corrected chi connectivity index (χ4v) is 9.00. The van der Waals surface area contributed by atoms with Crippen LogP contribution in [0.3, 0.4) is 0 Å². The number of piperazine rings is 2.